The molecule has 2 aromatic carbocycles. The predicted octanol–water partition coefficient (Wildman–Crippen LogP) is 5.54. The number of rotatable bonds is 8. The van der Waals surface area contributed by atoms with Gasteiger partial charge in [-0.15, -0.1) is 0 Å². The minimum Gasteiger partial charge on any atom is -0.493 e. The maximum atomic E-state index is 12.8. The summed E-state index contributed by atoms with van der Waals surface area (Å²) in [6.07, 6.45) is 0.363. The van der Waals surface area contributed by atoms with Gasteiger partial charge >= 0.3 is 6.61 Å². The van der Waals surface area contributed by atoms with Crippen molar-refractivity contribution in [3.63, 3.8) is 0 Å². The van der Waals surface area contributed by atoms with Crippen LogP contribution in [0.5, 0.6) is 11.5 Å². The van der Waals surface area contributed by atoms with Crippen molar-refractivity contribution in [2.45, 2.75) is 20.0 Å². The van der Waals surface area contributed by atoms with E-state index in [0.29, 0.717) is 33.4 Å². The molecule has 0 bridgehead atoms. The topological polar surface area (TPSA) is 73.6 Å². The third-order valence-corrected chi connectivity index (χ3v) is 5.06. The first-order chi connectivity index (χ1) is 14.8. The number of aromatic nitrogens is 1. The zero-order chi connectivity index (χ0) is 22.5. The highest BCUT2D eigenvalue weighted by molar-refractivity contribution is 6.39. The van der Waals surface area contributed by atoms with Gasteiger partial charge in [-0.2, -0.15) is 8.78 Å². The third-order valence-electron chi connectivity index (χ3n) is 4.43. The number of hydrogen-bond donors (Lipinski definition) is 1. The highest BCUT2D eigenvalue weighted by atomic mass is 35.5. The van der Waals surface area contributed by atoms with E-state index in [1.165, 1.54) is 19.2 Å². The van der Waals surface area contributed by atoms with Crippen molar-refractivity contribution in [3.8, 4) is 22.8 Å². The monoisotopic (exact) mass is 470 g/mol. The molecule has 0 atom stereocenters. The number of alkyl halides is 2. The lowest BCUT2D eigenvalue weighted by molar-refractivity contribution is -0.0512. The van der Waals surface area contributed by atoms with Crippen LogP contribution >= 0.6 is 23.2 Å². The maximum Gasteiger partial charge on any atom is 0.387 e. The molecule has 164 valence electrons. The molecule has 3 aromatic rings. The molecule has 1 amide bonds. The molecule has 10 heteroatoms. The average Bonchev–Trinajstić information content (AvgIpc) is 3.08. The van der Waals surface area contributed by atoms with Gasteiger partial charge in [-0.3, -0.25) is 4.79 Å². The smallest absolute Gasteiger partial charge is 0.387 e. The van der Waals surface area contributed by atoms with Crippen molar-refractivity contribution in [3.05, 3.63) is 63.3 Å². The summed E-state index contributed by atoms with van der Waals surface area (Å²) in [7, 11) is 1.36. The number of nitrogens with zero attached hydrogens (tertiary/aromatic N) is 1. The van der Waals surface area contributed by atoms with Crippen LogP contribution in [0.25, 0.3) is 11.3 Å². The number of hydrogen-bond acceptors (Lipinski definition) is 5. The van der Waals surface area contributed by atoms with E-state index in [-0.39, 0.29) is 29.3 Å². The number of aryl methyl sites for hydroxylation is 1. The lowest BCUT2D eigenvalue weighted by Crippen LogP contribution is -2.26. The van der Waals surface area contributed by atoms with Crippen LogP contribution < -0.4 is 14.8 Å². The van der Waals surface area contributed by atoms with E-state index in [1.54, 1.807) is 31.2 Å². The first-order valence-electron chi connectivity index (χ1n) is 9.12. The summed E-state index contributed by atoms with van der Waals surface area (Å²) in [5.41, 5.74) is 1.53. The molecule has 0 aliphatic heterocycles. The summed E-state index contributed by atoms with van der Waals surface area (Å²) in [5, 5.41) is 7.38. The fourth-order valence-corrected chi connectivity index (χ4v) is 3.58. The molecule has 0 unspecified atom stereocenters. The standard InChI is InChI=1S/C21H18Cl2F2N2O4/c1-11-17(19(27-31-11)18-13(22)4-3-5-14(18)23)20(28)26-9-8-12-6-7-15(29-2)16(10-12)30-21(24)25/h3-7,10,21H,8-9H2,1-2H3,(H,26,28). The molecule has 0 radical (unpaired) electrons. The number of methoxy groups -OCH3 is 1. The molecule has 6 nitrogen and oxygen atoms in total. The molecule has 0 saturated carbocycles. The molecule has 0 aliphatic rings. The second kappa shape index (κ2) is 9.98. The van der Waals surface area contributed by atoms with Gasteiger partial charge in [0.2, 0.25) is 0 Å². The van der Waals surface area contributed by atoms with Crippen molar-refractivity contribution in [2.75, 3.05) is 13.7 Å². The Morgan fingerprint density at radius 3 is 2.55 bits per heavy atom. The van der Waals surface area contributed by atoms with Gasteiger partial charge in [-0.1, -0.05) is 40.5 Å². The molecule has 1 N–H and O–H groups in total. The zero-order valence-corrected chi connectivity index (χ0v) is 18.1. The Hall–Kier alpha value is -2.84. The van der Waals surface area contributed by atoms with Crippen LogP contribution in [0, 0.1) is 6.92 Å². The molecule has 3 rings (SSSR count). The van der Waals surface area contributed by atoms with E-state index in [2.05, 4.69) is 15.2 Å². The summed E-state index contributed by atoms with van der Waals surface area (Å²) in [5.74, 6) is -0.0100. The quantitative estimate of drug-likeness (QED) is 0.467. The van der Waals surface area contributed by atoms with Gasteiger partial charge in [-0.25, -0.2) is 0 Å². The zero-order valence-electron chi connectivity index (χ0n) is 16.5. The van der Waals surface area contributed by atoms with Crippen LogP contribution in [0.2, 0.25) is 10.0 Å². The molecular formula is C21H18Cl2F2N2O4. The number of ether oxygens (including phenoxy) is 2. The number of amides is 1. The van der Waals surface area contributed by atoms with Gasteiger partial charge < -0.3 is 19.3 Å². The van der Waals surface area contributed by atoms with E-state index >= 15 is 0 Å². The lowest BCUT2D eigenvalue weighted by Gasteiger charge is -2.12. The minimum absolute atomic E-state index is 0.0770. The minimum atomic E-state index is -2.98. The Balaban J connectivity index is 1.74. The molecule has 0 fully saturated rings. The molecular weight excluding hydrogens is 453 g/mol. The van der Waals surface area contributed by atoms with Crippen LogP contribution in [-0.4, -0.2) is 31.3 Å². The fraction of sp³-hybridized carbons (Fsp3) is 0.238. The summed E-state index contributed by atoms with van der Waals surface area (Å²) < 4.78 is 39.9. The normalized spacial score (nSPS) is 10.9. The van der Waals surface area contributed by atoms with Crippen molar-refractivity contribution in [2.24, 2.45) is 0 Å². The first-order valence-corrected chi connectivity index (χ1v) is 9.88. The van der Waals surface area contributed by atoms with Crippen LogP contribution in [0.3, 0.4) is 0 Å². The van der Waals surface area contributed by atoms with Crippen LogP contribution in [0.4, 0.5) is 8.78 Å². The molecule has 1 aromatic heterocycles. The molecule has 0 saturated heterocycles. The Morgan fingerprint density at radius 2 is 1.90 bits per heavy atom. The van der Waals surface area contributed by atoms with Gasteiger partial charge in [0.1, 0.15) is 17.0 Å². The van der Waals surface area contributed by atoms with E-state index in [9.17, 15) is 13.6 Å². The second-order valence-electron chi connectivity index (χ2n) is 6.43. The summed E-state index contributed by atoms with van der Waals surface area (Å²) in [4.78, 5) is 12.8. The summed E-state index contributed by atoms with van der Waals surface area (Å²) >= 11 is 12.5. The fourth-order valence-electron chi connectivity index (χ4n) is 3.01. The van der Waals surface area contributed by atoms with E-state index < -0.39 is 12.5 Å². The van der Waals surface area contributed by atoms with E-state index in [4.69, 9.17) is 32.5 Å². The third kappa shape index (κ3) is 5.26. The van der Waals surface area contributed by atoms with Gasteiger partial charge in [0.05, 0.1) is 17.2 Å². The van der Waals surface area contributed by atoms with Crippen molar-refractivity contribution in [1.82, 2.24) is 10.5 Å². The predicted molar refractivity (Wildman–Crippen MR) is 112 cm³/mol. The second-order valence-corrected chi connectivity index (χ2v) is 7.24. The summed E-state index contributed by atoms with van der Waals surface area (Å²) in [6, 6.07) is 9.62. The average molecular weight is 471 g/mol. The van der Waals surface area contributed by atoms with Crippen LogP contribution in [0.15, 0.2) is 40.9 Å². The Bertz CT molecular complexity index is 1070. The van der Waals surface area contributed by atoms with E-state index in [0.717, 1.165) is 0 Å². The van der Waals surface area contributed by atoms with E-state index in [1.807, 2.05) is 0 Å². The van der Waals surface area contributed by atoms with Crippen LogP contribution in [0.1, 0.15) is 21.7 Å². The van der Waals surface area contributed by atoms with Gasteiger partial charge in [-0.05, 0) is 43.2 Å². The number of halogens is 4. The number of benzene rings is 2. The lowest BCUT2D eigenvalue weighted by atomic mass is 10.1. The number of nitrogens with one attached hydrogen (secondary N) is 1. The maximum absolute atomic E-state index is 12.8. The Labute approximate surface area is 187 Å². The highest BCUT2D eigenvalue weighted by Crippen LogP contribution is 2.36. The van der Waals surface area contributed by atoms with Crippen molar-refractivity contribution >= 4 is 29.1 Å². The Kier molecular flexibility index (Phi) is 7.35. The Morgan fingerprint density at radius 1 is 1.19 bits per heavy atom. The largest absolute Gasteiger partial charge is 0.493 e. The molecule has 31 heavy (non-hydrogen) atoms. The summed E-state index contributed by atoms with van der Waals surface area (Å²) in [6.45, 7) is -1.15. The molecule has 0 aliphatic carbocycles. The van der Waals surface area contributed by atoms with Crippen LogP contribution in [-0.2, 0) is 6.42 Å². The number of carbonyl (C=O) groups excluding carboxylic acids is 1. The van der Waals surface area contributed by atoms with Gasteiger partial charge in [0.25, 0.3) is 5.91 Å². The molecule has 0 spiro atoms. The van der Waals surface area contributed by atoms with Gasteiger partial charge in [0, 0.05) is 12.1 Å². The molecule has 1 heterocycles. The van der Waals surface area contributed by atoms with Crippen molar-refractivity contribution < 1.29 is 27.6 Å². The SMILES string of the molecule is COc1ccc(CCNC(=O)c2c(-c3c(Cl)cccc3Cl)noc2C)cc1OC(F)F. The van der Waals surface area contributed by atoms with Gasteiger partial charge in [0.15, 0.2) is 11.5 Å². The highest BCUT2D eigenvalue weighted by Gasteiger charge is 2.24. The van der Waals surface area contributed by atoms with Crippen molar-refractivity contribution in [1.29, 1.82) is 0 Å². The first kappa shape index (κ1) is 22.8. The number of carbonyl (C=O) groups is 1.